The van der Waals surface area contributed by atoms with Crippen LogP contribution in [0.2, 0.25) is 0 Å². The van der Waals surface area contributed by atoms with E-state index in [1.807, 2.05) is 30.5 Å². The van der Waals surface area contributed by atoms with E-state index in [-0.39, 0.29) is 36.7 Å². The third-order valence-corrected chi connectivity index (χ3v) is 9.51. The summed E-state index contributed by atoms with van der Waals surface area (Å²) < 4.78 is 0. The van der Waals surface area contributed by atoms with Crippen LogP contribution in [0.3, 0.4) is 0 Å². The molecule has 5 rings (SSSR count). The van der Waals surface area contributed by atoms with Gasteiger partial charge in [-0.2, -0.15) is 0 Å². The van der Waals surface area contributed by atoms with Gasteiger partial charge in [0.05, 0.1) is 0 Å². The molecular formula is C34H42IrNO2-. The molecule has 205 valence electrons. The molecule has 1 heterocycles. The number of ketones is 1. The first-order valence-corrected chi connectivity index (χ1v) is 14.2. The van der Waals surface area contributed by atoms with Crippen molar-refractivity contribution >= 4 is 16.6 Å². The Morgan fingerprint density at radius 1 is 0.947 bits per heavy atom. The molecule has 0 saturated heterocycles. The molecule has 38 heavy (non-hydrogen) atoms. The normalized spacial score (nSPS) is 19.7. The van der Waals surface area contributed by atoms with Gasteiger partial charge in [0.2, 0.25) is 0 Å². The number of carbonyl (C=O) groups excluding carboxylic acids is 1. The summed E-state index contributed by atoms with van der Waals surface area (Å²) in [6.45, 7) is 10.6. The van der Waals surface area contributed by atoms with Gasteiger partial charge in [-0.1, -0.05) is 52.0 Å². The summed E-state index contributed by atoms with van der Waals surface area (Å²) in [6.07, 6.45) is 9.82. The van der Waals surface area contributed by atoms with Crippen molar-refractivity contribution in [1.29, 1.82) is 0 Å². The molecule has 1 fully saturated rings. The molecule has 1 radical (unpaired) electrons. The van der Waals surface area contributed by atoms with Crippen LogP contribution in [0.1, 0.15) is 84.6 Å². The van der Waals surface area contributed by atoms with Gasteiger partial charge >= 0.3 is 0 Å². The number of rotatable bonds is 5. The van der Waals surface area contributed by atoms with E-state index in [4.69, 9.17) is 0 Å². The molecule has 0 amide bonds. The summed E-state index contributed by atoms with van der Waals surface area (Å²) >= 11 is 0. The number of fused-ring (bicyclic) bond motifs is 2. The number of carbonyl (C=O) groups is 1. The van der Waals surface area contributed by atoms with Crippen LogP contribution >= 0.6 is 0 Å². The Bertz CT molecular complexity index is 1270. The molecule has 1 saturated carbocycles. The molecule has 3 nitrogen and oxygen atoms in total. The van der Waals surface area contributed by atoms with E-state index in [0.29, 0.717) is 11.7 Å². The minimum Gasteiger partial charge on any atom is -0.511 e. The molecule has 0 aliphatic heterocycles. The standard InChI is InChI=1S/C18H30O2.C16H12N.Ir/c1-5-17(6-2)11-9-13-10-12-18(7-3,8-4)16(20)14(13)15(17)19;1-12-6-5-9-14-10-16(17-11-15(12)14)13-7-3-2-4-8-13;/h13,19H,5-12H2,1-4H3;2-7,9-11H,1H3;/q;-1;. The number of hydrogen-bond acceptors (Lipinski definition) is 3. The van der Waals surface area contributed by atoms with Crippen molar-refractivity contribution in [3.63, 3.8) is 0 Å². The fourth-order valence-electron chi connectivity index (χ4n) is 6.51. The SMILES string of the molecule is CCC1(CC)CCC2CCC(CC)(CC)C(O)=C2C1=O.Cc1cccc2cc(-c3[c-]cccc3)ncc12.[Ir]. The molecule has 4 heteroatoms. The van der Waals surface area contributed by atoms with E-state index in [1.165, 1.54) is 16.3 Å². The van der Waals surface area contributed by atoms with Crippen LogP contribution in [0.25, 0.3) is 22.0 Å². The summed E-state index contributed by atoms with van der Waals surface area (Å²) in [5.74, 6) is 1.04. The maximum atomic E-state index is 13.1. The third kappa shape index (κ3) is 5.54. The topological polar surface area (TPSA) is 50.2 Å². The molecule has 1 aromatic heterocycles. The monoisotopic (exact) mass is 689 g/mol. The number of aryl methyl sites for hydroxylation is 1. The maximum absolute atomic E-state index is 13.1. The van der Waals surface area contributed by atoms with Crippen molar-refractivity contribution in [3.8, 4) is 11.3 Å². The Labute approximate surface area is 242 Å². The Hall–Kier alpha value is -2.29. The fraction of sp³-hybridized carbons (Fsp3) is 0.471. The first kappa shape index (κ1) is 30.3. The van der Waals surface area contributed by atoms with Crippen LogP contribution in [0.15, 0.2) is 66.1 Å². The van der Waals surface area contributed by atoms with Gasteiger partial charge < -0.3 is 10.1 Å². The van der Waals surface area contributed by atoms with Gasteiger partial charge in [0, 0.05) is 48.1 Å². The van der Waals surface area contributed by atoms with Crippen LogP contribution in [-0.2, 0) is 24.9 Å². The number of allylic oxidation sites excluding steroid dienone is 2. The smallest absolute Gasteiger partial charge is 0.168 e. The molecule has 3 aromatic rings. The second-order valence-electron chi connectivity index (χ2n) is 11.0. The number of benzene rings is 2. The molecular weight excluding hydrogens is 647 g/mol. The Kier molecular flexibility index (Phi) is 10.1. The summed E-state index contributed by atoms with van der Waals surface area (Å²) in [6, 6.07) is 19.6. The number of aliphatic hydroxyl groups is 1. The molecule has 1 atom stereocenters. The summed E-state index contributed by atoms with van der Waals surface area (Å²) in [5.41, 5.74) is 3.75. The van der Waals surface area contributed by atoms with Gasteiger partial charge in [-0.25, -0.2) is 0 Å². The summed E-state index contributed by atoms with van der Waals surface area (Å²) in [4.78, 5) is 17.6. The van der Waals surface area contributed by atoms with Gasteiger partial charge in [-0.3, -0.25) is 4.79 Å². The average Bonchev–Trinajstić information content (AvgIpc) is 2.95. The van der Waals surface area contributed by atoms with E-state index in [9.17, 15) is 9.90 Å². The Morgan fingerprint density at radius 2 is 1.61 bits per heavy atom. The second kappa shape index (κ2) is 12.7. The van der Waals surface area contributed by atoms with Crippen molar-refractivity contribution in [1.82, 2.24) is 4.98 Å². The van der Waals surface area contributed by atoms with Gasteiger partial charge in [0.25, 0.3) is 0 Å². The van der Waals surface area contributed by atoms with Gasteiger partial charge in [0.15, 0.2) is 5.78 Å². The van der Waals surface area contributed by atoms with Crippen LogP contribution in [0.5, 0.6) is 0 Å². The number of hydrogen-bond donors (Lipinski definition) is 1. The van der Waals surface area contributed by atoms with Crippen molar-refractivity contribution in [3.05, 3.63) is 77.7 Å². The zero-order valence-corrected chi connectivity index (χ0v) is 26.0. The largest absolute Gasteiger partial charge is 0.511 e. The van der Waals surface area contributed by atoms with E-state index in [2.05, 4.69) is 69.9 Å². The first-order valence-electron chi connectivity index (χ1n) is 14.2. The molecule has 2 aliphatic carbocycles. The van der Waals surface area contributed by atoms with Crippen LogP contribution < -0.4 is 0 Å². The average molecular weight is 689 g/mol. The zero-order chi connectivity index (χ0) is 26.6. The number of Topliss-reactive ketones (excluding diaryl/α,β-unsaturated/α-hetero) is 1. The van der Waals surface area contributed by atoms with E-state index < -0.39 is 0 Å². The van der Waals surface area contributed by atoms with E-state index in [1.54, 1.807) is 0 Å². The number of aliphatic hydroxyl groups excluding tert-OH is 1. The van der Waals surface area contributed by atoms with Crippen molar-refractivity contribution in [2.24, 2.45) is 16.7 Å². The summed E-state index contributed by atoms with van der Waals surface area (Å²) in [7, 11) is 0. The second-order valence-corrected chi connectivity index (χ2v) is 11.0. The van der Waals surface area contributed by atoms with E-state index in [0.717, 1.165) is 68.2 Å². The van der Waals surface area contributed by atoms with E-state index >= 15 is 0 Å². The van der Waals surface area contributed by atoms with Gasteiger partial charge in [-0.15, -0.1) is 35.9 Å². The molecule has 2 aliphatic rings. The van der Waals surface area contributed by atoms with Crippen LogP contribution in [-0.4, -0.2) is 15.9 Å². The van der Waals surface area contributed by atoms with Crippen LogP contribution in [0, 0.1) is 29.7 Å². The van der Waals surface area contributed by atoms with Crippen molar-refractivity contribution in [2.45, 2.75) is 86.0 Å². The summed E-state index contributed by atoms with van der Waals surface area (Å²) in [5, 5.41) is 13.3. The predicted octanol–water partition coefficient (Wildman–Crippen LogP) is 9.19. The van der Waals surface area contributed by atoms with Gasteiger partial charge in [-0.05, 0) is 80.9 Å². The third-order valence-electron chi connectivity index (χ3n) is 9.51. The number of nitrogens with zero attached hydrogens (tertiary/aromatic N) is 1. The molecule has 1 N–H and O–H groups in total. The molecule has 2 aromatic carbocycles. The quantitative estimate of drug-likeness (QED) is 0.272. The van der Waals surface area contributed by atoms with Gasteiger partial charge in [0.1, 0.15) is 5.76 Å². The minimum atomic E-state index is -0.204. The molecule has 0 bridgehead atoms. The number of aromatic nitrogens is 1. The van der Waals surface area contributed by atoms with Crippen molar-refractivity contribution in [2.75, 3.05) is 0 Å². The molecule has 0 spiro atoms. The minimum absolute atomic E-state index is 0. The van der Waals surface area contributed by atoms with Crippen LogP contribution in [0.4, 0.5) is 0 Å². The predicted molar refractivity (Wildman–Crippen MR) is 153 cm³/mol. The first-order chi connectivity index (χ1) is 17.8. The maximum Gasteiger partial charge on any atom is 0.168 e. The molecule has 1 unspecified atom stereocenters. The fourth-order valence-corrected chi connectivity index (χ4v) is 6.51. The Morgan fingerprint density at radius 3 is 2.21 bits per heavy atom. The number of pyridine rings is 1. The zero-order valence-electron chi connectivity index (χ0n) is 23.6. The van der Waals surface area contributed by atoms with Crippen molar-refractivity contribution < 1.29 is 30.0 Å². The Balaban J connectivity index is 0.000000207.